The molecule has 162 valence electrons. The van der Waals surface area contributed by atoms with Gasteiger partial charge in [-0.05, 0) is 32.9 Å². The second kappa shape index (κ2) is 11.9. The third-order valence-corrected chi connectivity index (χ3v) is 4.69. The highest BCUT2D eigenvalue weighted by Crippen LogP contribution is 2.26. The van der Waals surface area contributed by atoms with Crippen molar-refractivity contribution in [1.29, 1.82) is 0 Å². The van der Waals surface area contributed by atoms with Crippen LogP contribution in [-0.2, 0) is 6.54 Å². The van der Waals surface area contributed by atoms with E-state index in [-0.39, 0.29) is 29.9 Å². The number of hydrogen-bond acceptors (Lipinski definition) is 5. The van der Waals surface area contributed by atoms with Crippen LogP contribution in [0.25, 0.3) is 0 Å². The van der Waals surface area contributed by atoms with Gasteiger partial charge in [-0.2, -0.15) is 0 Å². The molecule has 7 nitrogen and oxygen atoms in total. The highest BCUT2D eigenvalue weighted by atomic mass is 127. The molecule has 0 aliphatic rings. The van der Waals surface area contributed by atoms with Gasteiger partial charge in [0.05, 0.1) is 19.9 Å². The summed E-state index contributed by atoms with van der Waals surface area (Å²) in [5.41, 5.74) is 3.13. The minimum absolute atomic E-state index is 0. The Morgan fingerprint density at radius 1 is 1.28 bits per heavy atom. The maximum Gasteiger partial charge on any atom is 0.193 e. The van der Waals surface area contributed by atoms with E-state index in [4.69, 9.17) is 19.0 Å². The summed E-state index contributed by atoms with van der Waals surface area (Å²) in [5.74, 6) is 3.51. The van der Waals surface area contributed by atoms with Crippen molar-refractivity contribution in [2.45, 2.75) is 40.2 Å². The Hall–Kier alpha value is -1.97. The number of rotatable bonds is 8. The molecular weight excluding hydrogens is 483 g/mol. The summed E-state index contributed by atoms with van der Waals surface area (Å²) in [7, 11) is 5.34. The first-order valence-electron chi connectivity index (χ1n) is 9.54. The van der Waals surface area contributed by atoms with Gasteiger partial charge in [-0.25, -0.2) is 0 Å². The third-order valence-electron chi connectivity index (χ3n) is 4.69. The molecule has 0 saturated heterocycles. The van der Waals surface area contributed by atoms with Gasteiger partial charge in [0.25, 0.3) is 0 Å². The van der Waals surface area contributed by atoms with Crippen LogP contribution >= 0.6 is 24.0 Å². The van der Waals surface area contributed by atoms with E-state index in [1.807, 2.05) is 39.1 Å². The van der Waals surface area contributed by atoms with Crippen LogP contribution in [-0.4, -0.2) is 50.4 Å². The van der Waals surface area contributed by atoms with E-state index in [2.05, 4.69) is 29.2 Å². The van der Waals surface area contributed by atoms with Crippen LogP contribution in [0.4, 0.5) is 0 Å². The second-order valence-electron chi connectivity index (χ2n) is 6.87. The van der Waals surface area contributed by atoms with E-state index in [1.54, 1.807) is 14.2 Å². The van der Waals surface area contributed by atoms with Crippen LogP contribution in [0.1, 0.15) is 42.3 Å². The fourth-order valence-corrected chi connectivity index (χ4v) is 3.29. The standard InChI is InChI=1S/C21H32N4O3.HI/c1-8-22-21(23-12-14(2)20-15(3)24-28-16(20)4)25(5)13-17-9-10-18(26-6)11-19(17)27-7;/h9-11,14H,8,12-13H2,1-7H3,(H,22,23);1H. The number of hydrogen-bond donors (Lipinski definition) is 1. The van der Waals surface area contributed by atoms with E-state index in [0.717, 1.165) is 46.6 Å². The van der Waals surface area contributed by atoms with Crippen molar-refractivity contribution < 1.29 is 14.0 Å². The molecule has 1 N–H and O–H groups in total. The van der Waals surface area contributed by atoms with Gasteiger partial charge in [0.1, 0.15) is 17.3 Å². The SMILES string of the molecule is CCNC(=NCC(C)c1c(C)noc1C)N(C)Cc1ccc(OC)cc1OC.I. The molecule has 8 heteroatoms. The Kier molecular flexibility index (Phi) is 10.3. The lowest BCUT2D eigenvalue weighted by atomic mass is 10.00. The summed E-state index contributed by atoms with van der Waals surface area (Å²) in [6.45, 7) is 10.2. The Morgan fingerprint density at radius 2 is 2.00 bits per heavy atom. The van der Waals surface area contributed by atoms with Crippen molar-refractivity contribution in [3.8, 4) is 11.5 Å². The number of halogens is 1. The molecule has 1 aromatic heterocycles. The highest BCUT2D eigenvalue weighted by Gasteiger charge is 2.17. The van der Waals surface area contributed by atoms with Crippen molar-refractivity contribution in [1.82, 2.24) is 15.4 Å². The van der Waals surface area contributed by atoms with Crippen molar-refractivity contribution in [3.63, 3.8) is 0 Å². The number of aliphatic imine (C=N–C) groups is 1. The lowest BCUT2D eigenvalue weighted by Gasteiger charge is -2.24. The normalized spacial score (nSPS) is 12.2. The maximum absolute atomic E-state index is 5.52. The molecule has 29 heavy (non-hydrogen) atoms. The van der Waals surface area contributed by atoms with Crippen LogP contribution in [0.2, 0.25) is 0 Å². The molecule has 2 rings (SSSR count). The van der Waals surface area contributed by atoms with Gasteiger partial charge in [-0.15, -0.1) is 24.0 Å². The molecule has 0 bridgehead atoms. The number of guanidine groups is 1. The number of nitrogens with zero attached hydrogens (tertiary/aromatic N) is 3. The fourth-order valence-electron chi connectivity index (χ4n) is 3.29. The first-order chi connectivity index (χ1) is 13.4. The molecule has 2 aromatic rings. The first-order valence-corrected chi connectivity index (χ1v) is 9.54. The smallest absolute Gasteiger partial charge is 0.193 e. The molecule has 0 aliphatic heterocycles. The number of methoxy groups -OCH3 is 2. The number of aryl methyl sites for hydroxylation is 2. The molecule has 1 aromatic carbocycles. The summed E-state index contributed by atoms with van der Waals surface area (Å²) in [5, 5.41) is 7.42. The summed E-state index contributed by atoms with van der Waals surface area (Å²) in [4.78, 5) is 6.92. The third kappa shape index (κ3) is 6.52. The zero-order valence-electron chi connectivity index (χ0n) is 18.4. The molecule has 0 spiro atoms. The van der Waals surface area contributed by atoms with E-state index >= 15 is 0 Å². The Labute approximate surface area is 190 Å². The van der Waals surface area contributed by atoms with Crippen LogP contribution in [0.15, 0.2) is 27.7 Å². The maximum atomic E-state index is 5.52. The first kappa shape index (κ1) is 25.1. The topological polar surface area (TPSA) is 72.1 Å². The summed E-state index contributed by atoms with van der Waals surface area (Å²) >= 11 is 0. The van der Waals surface area contributed by atoms with Crippen molar-refractivity contribution in [3.05, 3.63) is 40.8 Å². The minimum atomic E-state index is 0. The van der Waals surface area contributed by atoms with E-state index in [9.17, 15) is 0 Å². The summed E-state index contributed by atoms with van der Waals surface area (Å²) in [6, 6.07) is 5.85. The van der Waals surface area contributed by atoms with Crippen molar-refractivity contribution >= 4 is 29.9 Å². The number of aromatic nitrogens is 1. The van der Waals surface area contributed by atoms with Gasteiger partial charge >= 0.3 is 0 Å². The largest absolute Gasteiger partial charge is 0.497 e. The highest BCUT2D eigenvalue weighted by molar-refractivity contribution is 14.0. The molecule has 1 unspecified atom stereocenters. The monoisotopic (exact) mass is 516 g/mol. The Bertz CT molecular complexity index is 788. The summed E-state index contributed by atoms with van der Waals surface area (Å²) in [6.07, 6.45) is 0. The predicted molar refractivity (Wildman–Crippen MR) is 127 cm³/mol. The lowest BCUT2D eigenvalue weighted by molar-refractivity contribution is 0.382. The van der Waals surface area contributed by atoms with Gasteiger partial charge in [0.15, 0.2) is 5.96 Å². The number of ether oxygens (including phenoxy) is 2. The van der Waals surface area contributed by atoms with E-state index < -0.39 is 0 Å². The summed E-state index contributed by atoms with van der Waals surface area (Å²) < 4.78 is 16.1. The molecule has 0 fully saturated rings. The Morgan fingerprint density at radius 3 is 2.55 bits per heavy atom. The van der Waals surface area contributed by atoms with Crippen molar-refractivity contribution in [2.24, 2.45) is 4.99 Å². The minimum Gasteiger partial charge on any atom is -0.497 e. The number of nitrogens with one attached hydrogen (secondary N) is 1. The molecule has 0 radical (unpaired) electrons. The number of benzene rings is 1. The zero-order chi connectivity index (χ0) is 20.7. The molecule has 1 heterocycles. The molecule has 0 aliphatic carbocycles. The van der Waals surface area contributed by atoms with Gasteiger partial charge in [-0.3, -0.25) is 4.99 Å². The Balaban J connectivity index is 0.00000420. The van der Waals surface area contributed by atoms with Gasteiger partial charge in [-0.1, -0.05) is 12.1 Å². The quantitative estimate of drug-likeness (QED) is 0.323. The van der Waals surface area contributed by atoms with Crippen LogP contribution < -0.4 is 14.8 Å². The second-order valence-corrected chi connectivity index (χ2v) is 6.87. The van der Waals surface area contributed by atoms with Crippen LogP contribution in [0.3, 0.4) is 0 Å². The fraction of sp³-hybridized carbons (Fsp3) is 0.524. The molecule has 0 saturated carbocycles. The zero-order valence-corrected chi connectivity index (χ0v) is 20.7. The van der Waals surface area contributed by atoms with E-state index in [1.165, 1.54) is 0 Å². The predicted octanol–water partition coefficient (Wildman–Crippen LogP) is 4.13. The molecule has 1 atom stereocenters. The van der Waals surface area contributed by atoms with Crippen molar-refractivity contribution in [2.75, 3.05) is 34.4 Å². The average molecular weight is 516 g/mol. The van der Waals surface area contributed by atoms with Gasteiger partial charge in [0, 0.05) is 49.8 Å². The lowest BCUT2D eigenvalue weighted by Crippen LogP contribution is -2.38. The molecule has 0 amide bonds. The van der Waals surface area contributed by atoms with Crippen LogP contribution in [0, 0.1) is 13.8 Å². The molecular formula is C21H33IN4O3. The van der Waals surface area contributed by atoms with Crippen LogP contribution in [0.5, 0.6) is 11.5 Å². The van der Waals surface area contributed by atoms with Gasteiger partial charge in [0.2, 0.25) is 0 Å². The van der Waals surface area contributed by atoms with E-state index in [0.29, 0.717) is 13.1 Å². The average Bonchev–Trinajstić information content (AvgIpc) is 3.03. The van der Waals surface area contributed by atoms with Gasteiger partial charge < -0.3 is 24.2 Å².